The minimum Gasteiger partial charge on any atom is -0.365 e. The second-order valence-corrected chi connectivity index (χ2v) is 9.97. The Morgan fingerprint density at radius 1 is 1.03 bits per heavy atom. The SMILES string of the molecule is CCc1ccc([C@H]2OCC(C)(C)n3c(-c4cccc(C)c4)c4c(=O)n(C)c(=O)n(C)c4c32)cc1. The van der Waals surface area contributed by atoms with E-state index < -0.39 is 11.6 Å². The van der Waals surface area contributed by atoms with Gasteiger partial charge in [-0.1, -0.05) is 55.0 Å². The predicted molar refractivity (Wildman–Crippen MR) is 136 cm³/mol. The average molecular weight is 458 g/mol. The lowest BCUT2D eigenvalue weighted by Crippen LogP contribution is -2.40. The molecule has 0 saturated carbocycles. The number of rotatable bonds is 3. The average Bonchev–Trinajstić information content (AvgIpc) is 3.19. The molecule has 2 aromatic carbocycles. The van der Waals surface area contributed by atoms with Gasteiger partial charge in [0.05, 0.1) is 34.4 Å². The Hall–Kier alpha value is -3.38. The van der Waals surface area contributed by atoms with Crippen molar-refractivity contribution in [1.29, 1.82) is 0 Å². The maximum atomic E-state index is 13.6. The number of nitrogens with zero attached hydrogens (tertiary/aromatic N) is 3. The van der Waals surface area contributed by atoms with Crippen molar-refractivity contribution in [2.75, 3.05) is 6.61 Å². The summed E-state index contributed by atoms with van der Waals surface area (Å²) in [6, 6.07) is 16.6. The van der Waals surface area contributed by atoms with Gasteiger partial charge in [0, 0.05) is 14.1 Å². The Morgan fingerprint density at radius 3 is 2.38 bits per heavy atom. The molecule has 1 aliphatic rings. The molecule has 1 atom stereocenters. The van der Waals surface area contributed by atoms with Crippen LogP contribution in [0.2, 0.25) is 0 Å². The Bertz CT molecular complexity index is 1530. The number of aryl methyl sites for hydroxylation is 3. The van der Waals surface area contributed by atoms with Gasteiger partial charge in [-0.05, 0) is 49.9 Å². The normalized spacial score (nSPS) is 17.2. The molecule has 0 bridgehead atoms. The van der Waals surface area contributed by atoms with Crippen LogP contribution in [0.25, 0.3) is 22.2 Å². The van der Waals surface area contributed by atoms with E-state index in [0.29, 0.717) is 17.5 Å². The lowest BCUT2D eigenvalue weighted by Gasteiger charge is -2.39. The van der Waals surface area contributed by atoms with Crippen LogP contribution in [0.15, 0.2) is 58.1 Å². The second-order valence-electron chi connectivity index (χ2n) is 9.97. The summed E-state index contributed by atoms with van der Waals surface area (Å²) in [6.07, 6.45) is 0.568. The monoisotopic (exact) mass is 457 g/mol. The number of aromatic nitrogens is 3. The first-order valence-electron chi connectivity index (χ1n) is 11.8. The third-order valence-corrected chi connectivity index (χ3v) is 7.05. The molecule has 0 saturated heterocycles. The first-order valence-corrected chi connectivity index (χ1v) is 11.8. The summed E-state index contributed by atoms with van der Waals surface area (Å²) in [4.78, 5) is 26.7. The highest BCUT2D eigenvalue weighted by atomic mass is 16.5. The number of fused-ring (bicyclic) bond motifs is 3. The summed E-state index contributed by atoms with van der Waals surface area (Å²) < 4.78 is 11.5. The van der Waals surface area contributed by atoms with Crippen LogP contribution in [0.1, 0.15) is 49.3 Å². The molecule has 0 unspecified atom stereocenters. The van der Waals surface area contributed by atoms with E-state index in [-0.39, 0.29) is 11.2 Å². The fourth-order valence-corrected chi connectivity index (χ4v) is 5.24. The van der Waals surface area contributed by atoms with E-state index in [0.717, 1.165) is 34.5 Å². The molecule has 3 heterocycles. The van der Waals surface area contributed by atoms with Crippen LogP contribution in [0, 0.1) is 6.92 Å². The summed E-state index contributed by atoms with van der Waals surface area (Å²) in [6.45, 7) is 8.90. The van der Waals surface area contributed by atoms with E-state index in [1.54, 1.807) is 18.7 Å². The first-order chi connectivity index (χ1) is 16.2. The van der Waals surface area contributed by atoms with Gasteiger partial charge < -0.3 is 9.30 Å². The van der Waals surface area contributed by atoms with Gasteiger partial charge in [0.15, 0.2) is 0 Å². The molecule has 0 spiro atoms. The second kappa shape index (κ2) is 7.84. The fraction of sp³-hybridized carbons (Fsp3) is 0.357. The van der Waals surface area contributed by atoms with E-state index in [1.807, 2.05) is 25.1 Å². The minimum atomic E-state index is -0.422. The van der Waals surface area contributed by atoms with Gasteiger partial charge in [0.2, 0.25) is 0 Å². The summed E-state index contributed by atoms with van der Waals surface area (Å²) >= 11 is 0. The van der Waals surface area contributed by atoms with Gasteiger partial charge in [0.25, 0.3) is 5.56 Å². The molecular formula is C28H31N3O3. The minimum absolute atomic E-state index is 0.285. The Balaban J connectivity index is 1.97. The Morgan fingerprint density at radius 2 is 1.74 bits per heavy atom. The van der Waals surface area contributed by atoms with E-state index in [4.69, 9.17) is 4.74 Å². The van der Waals surface area contributed by atoms with E-state index >= 15 is 0 Å². The van der Waals surface area contributed by atoms with Crippen LogP contribution in [-0.4, -0.2) is 20.3 Å². The van der Waals surface area contributed by atoms with Crippen LogP contribution in [0.4, 0.5) is 0 Å². The molecule has 5 rings (SSSR count). The highest BCUT2D eigenvalue weighted by Crippen LogP contribution is 2.45. The molecule has 0 radical (unpaired) electrons. The van der Waals surface area contributed by atoms with Crippen molar-refractivity contribution in [3.63, 3.8) is 0 Å². The van der Waals surface area contributed by atoms with Crippen molar-refractivity contribution in [3.8, 4) is 11.3 Å². The molecule has 6 nitrogen and oxygen atoms in total. The lowest BCUT2D eigenvalue weighted by molar-refractivity contribution is -0.00707. The Labute approximate surface area is 199 Å². The standard InChI is InChI=1S/C28H31N3O3/c1-7-18-11-13-19(14-12-18)25-24-23-21(26(32)30(6)27(33)29(23)5)22(20-10-8-9-17(2)15-20)31(24)28(3,4)16-34-25/h8-15,25H,7,16H2,1-6H3/t25-/m1/s1. The van der Waals surface area contributed by atoms with Crippen LogP contribution < -0.4 is 11.2 Å². The topological polar surface area (TPSA) is 58.2 Å². The maximum absolute atomic E-state index is 13.6. The van der Waals surface area contributed by atoms with Crippen LogP contribution in [-0.2, 0) is 30.8 Å². The zero-order valence-corrected chi connectivity index (χ0v) is 20.7. The smallest absolute Gasteiger partial charge is 0.331 e. The predicted octanol–water partition coefficient (Wildman–Crippen LogP) is 4.43. The number of hydrogen-bond acceptors (Lipinski definition) is 3. The third kappa shape index (κ3) is 3.20. The van der Waals surface area contributed by atoms with Crippen LogP contribution in [0.3, 0.4) is 0 Å². The Kier molecular flexibility index (Phi) is 5.17. The number of hydrogen-bond donors (Lipinski definition) is 0. The number of ether oxygens (including phenoxy) is 1. The van der Waals surface area contributed by atoms with Gasteiger partial charge in [-0.3, -0.25) is 13.9 Å². The van der Waals surface area contributed by atoms with Crippen LogP contribution in [0.5, 0.6) is 0 Å². The van der Waals surface area contributed by atoms with Gasteiger partial charge in [0.1, 0.15) is 6.10 Å². The number of benzene rings is 2. The van der Waals surface area contributed by atoms with Crippen molar-refractivity contribution >= 4 is 10.9 Å². The summed E-state index contributed by atoms with van der Waals surface area (Å²) in [5.74, 6) is 0. The molecule has 4 aromatic rings. The molecule has 2 aromatic heterocycles. The van der Waals surface area contributed by atoms with Gasteiger partial charge in [-0.25, -0.2) is 4.79 Å². The van der Waals surface area contributed by atoms with Gasteiger partial charge >= 0.3 is 5.69 Å². The highest BCUT2D eigenvalue weighted by molar-refractivity contribution is 5.97. The quantitative estimate of drug-likeness (QED) is 0.457. The zero-order chi connectivity index (χ0) is 24.4. The lowest BCUT2D eigenvalue weighted by atomic mass is 9.97. The summed E-state index contributed by atoms with van der Waals surface area (Å²) in [7, 11) is 3.28. The largest absolute Gasteiger partial charge is 0.365 e. The third-order valence-electron chi connectivity index (χ3n) is 7.05. The van der Waals surface area contributed by atoms with Gasteiger partial charge in [-0.15, -0.1) is 0 Å². The van der Waals surface area contributed by atoms with E-state index in [9.17, 15) is 9.59 Å². The van der Waals surface area contributed by atoms with Gasteiger partial charge in [-0.2, -0.15) is 0 Å². The van der Waals surface area contributed by atoms with Crippen molar-refractivity contribution < 1.29 is 4.74 Å². The molecule has 0 fully saturated rings. The molecule has 176 valence electrons. The fourth-order valence-electron chi connectivity index (χ4n) is 5.24. The van der Waals surface area contributed by atoms with Crippen molar-refractivity contribution in [1.82, 2.24) is 13.7 Å². The van der Waals surface area contributed by atoms with Crippen molar-refractivity contribution in [3.05, 3.63) is 91.8 Å². The molecule has 34 heavy (non-hydrogen) atoms. The molecule has 0 amide bonds. The molecular weight excluding hydrogens is 426 g/mol. The van der Waals surface area contributed by atoms with E-state index in [2.05, 4.69) is 55.7 Å². The first kappa shape index (κ1) is 22.4. The highest BCUT2D eigenvalue weighted by Gasteiger charge is 2.40. The zero-order valence-electron chi connectivity index (χ0n) is 20.7. The molecule has 0 N–H and O–H groups in total. The molecule has 6 heteroatoms. The van der Waals surface area contributed by atoms with Crippen molar-refractivity contribution in [2.45, 2.75) is 45.8 Å². The maximum Gasteiger partial charge on any atom is 0.331 e. The molecule has 0 aliphatic carbocycles. The summed E-state index contributed by atoms with van der Waals surface area (Å²) in [5.41, 5.74) is 5.62. The molecule has 1 aliphatic heterocycles. The summed E-state index contributed by atoms with van der Waals surface area (Å²) in [5, 5.41) is 0.555. The van der Waals surface area contributed by atoms with Crippen LogP contribution >= 0.6 is 0 Å². The van der Waals surface area contributed by atoms with Crippen molar-refractivity contribution in [2.24, 2.45) is 14.1 Å². The van der Waals surface area contributed by atoms with E-state index in [1.165, 1.54) is 10.1 Å².